The first kappa shape index (κ1) is 16.7. The Hall–Kier alpha value is -2.75. The molecule has 0 spiro atoms. The molecule has 9 heteroatoms. The summed E-state index contributed by atoms with van der Waals surface area (Å²) >= 11 is 0. The van der Waals surface area contributed by atoms with Crippen LogP contribution < -0.4 is 11.3 Å². The van der Waals surface area contributed by atoms with E-state index in [1.165, 1.54) is 10.9 Å². The molecule has 1 aromatic carbocycles. The van der Waals surface area contributed by atoms with E-state index in [9.17, 15) is 15.0 Å². The van der Waals surface area contributed by atoms with Gasteiger partial charge >= 0.3 is 0 Å². The predicted octanol–water partition coefficient (Wildman–Crippen LogP) is -0.136. The van der Waals surface area contributed by atoms with Crippen LogP contribution in [0.2, 0.25) is 0 Å². The fourth-order valence-electron chi connectivity index (χ4n) is 3.20. The Kier molecular flexibility index (Phi) is 4.19. The second-order valence-electron chi connectivity index (χ2n) is 6.29. The van der Waals surface area contributed by atoms with Crippen molar-refractivity contribution < 1.29 is 14.9 Å². The van der Waals surface area contributed by atoms with Crippen molar-refractivity contribution in [2.24, 2.45) is 0 Å². The molecule has 3 atom stereocenters. The molecule has 4 rings (SSSR count). The molecule has 0 saturated carbocycles. The smallest absolute Gasteiger partial charge is 0.283 e. The van der Waals surface area contributed by atoms with Crippen LogP contribution in [-0.4, -0.2) is 48.1 Å². The summed E-state index contributed by atoms with van der Waals surface area (Å²) in [6, 6.07) is 9.47. The van der Waals surface area contributed by atoms with Gasteiger partial charge in [-0.05, 0) is 5.56 Å². The minimum atomic E-state index is -0.793. The highest BCUT2D eigenvalue weighted by Gasteiger charge is 2.35. The Morgan fingerprint density at radius 3 is 2.77 bits per heavy atom. The van der Waals surface area contributed by atoms with Crippen molar-refractivity contribution in [2.75, 3.05) is 12.3 Å². The molecule has 1 fully saturated rings. The summed E-state index contributed by atoms with van der Waals surface area (Å²) in [5.41, 5.74) is 7.09. The first-order valence-corrected chi connectivity index (χ1v) is 8.29. The Morgan fingerprint density at radius 1 is 1.31 bits per heavy atom. The van der Waals surface area contributed by atoms with Gasteiger partial charge in [0.1, 0.15) is 12.3 Å². The summed E-state index contributed by atoms with van der Waals surface area (Å²) in [5, 5.41) is 19.1. The maximum absolute atomic E-state index is 12.8. The molecule has 0 unspecified atom stereocenters. The fraction of sp³-hybridized carbons (Fsp3) is 0.353. The number of nitrogens with two attached hydrogens (primary N) is 1. The Balaban J connectivity index is 1.73. The number of fused-ring (bicyclic) bond motifs is 1. The van der Waals surface area contributed by atoms with E-state index in [2.05, 4.69) is 9.97 Å². The normalized spacial score (nSPS) is 22.9. The summed E-state index contributed by atoms with van der Waals surface area (Å²) < 4.78 is 8.55. The molecule has 1 saturated heterocycles. The lowest BCUT2D eigenvalue weighted by Crippen LogP contribution is -2.26. The summed E-state index contributed by atoms with van der Waals surface area (Å²) in [5.74, 6) is 0.0744. The molecule has 9 nitrogen and oxygen atoms in total. The maximum Gasteiger partial charge on any atom is 0.283 e. The highest BCUT2D eigenvalue weighted by atomic mass is 16.5. The minimum absolute atomic E-state index is 0.0744. The van der Waals surface area contributed by atoms with Crippen molar-refractivity contribution in [2.45, 2.75) is 31.4 Å². The van der Waals surface area contributed by atoms with Crippen molar-refractivity contribution >= 4 is 17.1 Å². The Morgan fingerprint density at radius 2 is 2.08 bits per heavy atom. The first-order chi connectivity index (χ1) is 12.6. The molecule has 136 valence electrons. The van der Waals surface area contributed by atoms with E-state index in [4.69, 9.17) is 10.5 Å². The van der Waals surface area contributed by atoms with Crippen molar-refractivity contribution in [3.8, 4) is 0 Å². The van der Waals surface area contributed by atoms with Crippen LogP contribution in [0, 0.1) is 0 Å². The summed E-state index contributed by atoms with van der Waals surface area (Å²) in [4.78, 5) is 21.3. The van der Waals surface area contributed by atoms with E-state index < -0.39 is 18.4 Å². The monoisotopic (exact) mass is 357 g/mol. The molecule has 0 aliphatic carbocycles. The molecule has 0 radical (unpaired) electrons. The number of nitrogens with zero attached hydrogens (tertiary/aromatic N) is 4. The standard InChI is InChI=1S/C17H19N5O4/c18-17-20-15-14(16(25)21(17)7-10-4-2-1-3-5-10)19-9-22(15)13-6-11(24)12(8-23)26-13/h1-5,9,11-13,23-24H,6-8H2,(H2,18,20)/t11-,12+,13+/m0/s1. The topological polar surface area (TPSA) is 128 Å². The van der Waals surface area contributed by atoms with Gasteiger partial charge < -0.3 is 20.7 Å². The lowest BCUT2D eigenvalue weighted by atomic mass is 10.2. The third kappa shape index (κ3) is 2.75. The van der Waals surface area contributed by atoms with Crippen molar-refractivity contribution in [1.29, 1.82) is 0 Å². The van der Waals surface area contributed by atoms with E-state index in [1.54, 1.807) is 4.57 Å². The highest BCUT2D eigenvalue weighted by molar-refractivity contribution is 5.71. The van der Waals surface area contributed by atoms with Crippen molar-refractivity contribution in [1.82, 2.24) is 19.1 Å². The number of benzene rings is 1. The van der Waals surface area contributed by atoms with Crippen LogP contribution in [0.25, 0.3) is 11.2 Å². The number of aromatic nitrogens is 4. The Labute approximate surface area is 148 Å². The number of aliphatic hydroxyl groups excluding tert-OH is 2. The van der Waals surface area contributed by atoms with Gasteiger partial charge in [0, 0.05) is 6.42 Å². The van der Waals surface area contributed by atoms with Crippen LogP contribution >= 0.6 is 0 Å². The van der Waals surface area contributed by atoms with Gasteiger partial charge in [-0.3, -0.25) is 13.9 Å². The van der Waals surface area contributed by atoms with Crippen molar-refractivity contribution in [3.05, 3.63) is 52.6 Å². The van der Waals surface area contributed by atoms with E-state index >= 15 is 0 Å². The molecule has 4 N–H and O–H groups in total. The highest BCUT2D eigenvalue weighted by Crippen LogP contribution is 2.30. The quantitative estimate of drug-likeness (QED) is 0.593. The van der Waals surface area contributed by atoms with E-state index in [-0.39, 0.29) is 30.1 Å². The van der Waals surface area contributed by atoms with E-state index in [0.717, 1.165) is 5.56 Å². The number of aliphatic hydroxyl groups is 2. The summed E-state index contributed by atoms with van der Waals surface area (Å²) in [7, 11) is 0. The third-order valence-corrected chi connectivity index (χ3v) is 4.59. The molecule has 0 bridgehead atoms. The average Bonchev–Trinajstić information content (AvgIpc) is 3.22. The number of ether oxygens (including phenoxy) is 1. The number of anilines is 1. The molecule has 1 aliphatic heterocycles. The van der Waals surface area contributed by atoms with Crippen LogP contribution in [0.3, 0.4) is 0 Å². The Bertz CT molecular complexity index is 984. The van der Waals surface area contributed by atoms with Crippen LogP contribution in [0.4, 0.5) is 5.95 Å². The third-order valence-electron chi connectivity index (χ3n) is 4.59. The molecule has 3 heterocycles. The zero-order chi connectivity index (χ0) is 18.3. The number of hydrogen-bond acceptors (Lipinski definition) is 7. The van der Waals surface area contributed by atoms with Gasteiger partial charge in [-0.1, -0.05) is 30.3 Å². The zero-order valence-corrected chi connectivity index (χ0v) is 13.9. The summed E-state index contributed by atoms with van der Waals surface area (Å²) in [6.45, 7) is 0.0102. The second kappa shape index (κ2) is 6.52. The molecule has 1 aliphatic rings. The number of hydrogen-bond donors (Lipinski definition) is 3. The molecule has 3 aromatic rings. The number of rotatable bonds is 4. The van der Waals surface area contributed by atoms with Crippen LogP contribution in [-0.2, 0) is 11.3 Å². The van der Waals surface area contributed by atoms with Gasteiger partial charge in [0.25, 0.3) is 5.56 Å². The summed E-state index contributed by atoms with van der Waals surface area (Å²) in [6.07, 6.45) is -0.316. The molecular weight excluding hydrogens is 338 g/mol. The maximum atomic E-state index is 12.8. The largest absolute Gasteiger partial charge is 0.394 e. The average molecular weight is 357 g/mol. The minimum Gasteiger partial charge on any atom is -0.394 e. The zero-order valence-electron chi connectivity index (χ0n) is 13.9. The lowest BCUT2D eigenvalue weighted by Gasteiger charge is -2.14. The van der Waals surface area contributed by atoms with Gasteiger partial charge in [-0.2, -0.15) is 4.98 Å². The predicted molar refractivity (Wildman–Crippen MR) is 93.4 cm³/mol. The van der Waals surface area contributed by atoms with E-state index in [1.807, 2.05) is 30.3 Å². The van der Waals surface area contributed by atoms with Crippen LogP contribution in [0.5, 0.6) is 0 Å². The van der Waals surface area contributed by atoms with Crippen molar-refractivity contribution in [3.63, 3.8) is 0 Å². The number of nitrogen functional groups attached to an aromatic ring is 1. The molecule has 0 amide bonds. The van der Waals surface area contributed by atoms with Gasteiger partial charge in [-0.15, -0.1) is 0 Å². The van der Waals surface area contributed by atoms with Gasteiger partial charge in [-0.25, -0.2) is 4.98 Å². The van der Waals surface area contributed by atoms with Gasteiger partial charge in [0.05, 0.1) is 25.6 Å². The number of imidazole rings is 1. The van der Waals surface area contributed by atoms with Crippen LogP contribution in [0.15, 0.2) is 41.5 Å². The van der Waals surface area contributed by atoms with Crippen LogP contribution in [0.1, 0.15) is 18.2 Å². The first-order valence-electron chi connectivity index (χ1n) is 8.29. The van der Waals surface area contributed by atoms with E-state index in [0.29, 0.717) is 12.2 Å². The second-order valence-corrected chi connectivity index (χ2v) is 6.29. The SMILES string of the molecule is Nc1nc2c(ncn2[C@H]2C[C@H](O)[C@@H](CO)O2)c(=O)n1Cc1ccccc1. The fourth-order valence-corrected chi connectivity index (χ4v) is 3.20. The van der Waals surface area contributed by atoms with Gasteiger partial charge in [0.2, 0.25) is 5.95 Å². The van der Waals surface area contributed by atoms with Gasteiger partial charge in [0.15, 0.2) is 11.2 Å². The molecule has 2 aromatic heterocycles. The molecular formula is C17H19N5O4. The molecule has 26 heavy (non-hydrogen) atoms. The lowest BCUT2D eigenvalue weighted by molar-refractivity contribution is -0.0432.